The maximum absolute atomic E-state index is 12.5. The van der Waals surface area contributed by atoms with Crippen molar-refractivity contribution >= 4 is 23.3 Å². The maximum Gasteiger partial charge on any atom is 0.311 e. The Labute approximate surface area is 190 Å². The third kappa shape index (κ3) is 5.35. The van der Waals surface area contributed by atoms with Gasteiger partial charge in [-0.25, -0.2) is 0 Å². The number of rotatable bonds is 7. The van der Waals surface area contributed by atoms with Crippen LogP contribution in [-0.2, 0) is 20.9 Å². The van der Waals surface area contributed by atoms with E-state index < -0.39 is 16.8 Å². The smallest absolute Gasteiger partial charge is 0.311 e. The summed E-state index contributed by atoms with van der Waals surface area (Å²) in [4.78, 5) is 36.7. The summed E-state index contributed by atoms with van der Waals surface area (Å²) in [6.07, 6.45) is 0.134. The number of anilines is 1. The molecule has 33 heavy (non-hydrogen) atoms. The van der Waals surface area contributed by atoms with E-state index in [2.05, 4.69) is 0 Å². The topological polar surface area (TPSA) is 99.0 Å². The van der Waals surface area contributed by atoms with Crippen LogP contribution in [0.2, 0.25) is 0 Å². The molecular weight excluding hydrogens is 424 g/mol. The molecule has 0 spiro atoms. The van der Waals surface area contributed by atoms with Gasteiger partial charge in [0.25, 0.3) is 5.69 Å². The van der Waals surface area contributed by atoms with Gasteiger partial charge in [-0.3, -0.25) is 19.7 Å². The Hall–Kier alpha value is -4.20. The Kier molecular flexibility index (Phi) is 6.35. The van der Waals surface area contributed by atoms with Crippen LogP contribution < -0.4 is 9.64 Å². The summed E-state index contributed by atoms with van der Waals surface area (Å²) in [5.41, 5.74) is 2.65. The molecule has 1 amide bonds. The summed E-state index contributed by atoms with van der Waals surface area (Å²) in [6.45, 7) is 2.37. The molecule has 4 rings (SSSR count). The fraction of sp³-hybridized carbons (Fsp3) is 0.200. The van der Waals surface area contributed by atoms with Crippen molar-refractivity contribution in [1.29, 1.82) is 0 Å². The third-order valence-electron chi connectivity index (χ3n) is 5.39. The molecule has 1 heterocycles. The lowest BCUT2D eigenvalue weighted by Crippen LogP contribution is -2.26. The van der Waals surface area contributed by atoms with Crippen molar-refractivity contribution in [3.63, 3.8) is 0 Å². The number of benzene rings is 3. The molecular formula is C25H22N2O6. The van der Waals surface area contributed by atoms with Gasteiger partial charge >= 0.3 is 5.97 Å². The number of ether oxygens (including phenoxy) is 2. The predicted octanol–water partition coefficient (Wildman–Crippen LogP) is 4.79. The van der Waals surface area contributed by atoms with Gasteiger partial charge in [0.05, 0.1) is 10.8 Å². The molecule has 0 aliphatic carbocycles. The van der Waals surface area contributed by atoms with Crippen LogP contribution in [0.5, 0.6) is 11.5 Å². The van der Waals surface area contributed by atoms with Crippen molar-refractivity contribution in [1.82, 2.24) is 0 Å². The van der Waals surface area contributed by atoms with Gasteiger partial charge in [0.2, 0.25) is 5.91 Å². The number of nitro groups is 1. The molecule has 1 fully saturated rings. The van der Waals surface area contributed by atoms with E-state index in [9.17, 15) is 19.7 Å². The van der Waals surface area contributed by atoms with E-state index in [4.69, 9.17) is 9.47 Å². The second-order valence-electron chi connectivity index (χ2n) is 7.85. The predicted molar refractivity (Wildman–Crippen MR) is 121 cm³/mol. The summed E-state index contributed by atoms with van der Waals surface area (Å²) in [6, 6.07) is 20.4. The van der Waals surface area contributed by atoms with Crippen molar-refractivity contribution in [2.24, 2.45) is 5.92 Å². The highest BCUT2D eigenvalue weighted by atomic mass is 16.6. The van der Waals surface area contributed by atoms with Gasteiger partial charge in [-0.05, 0) is 48.9 Å². The van der Waals surface area contributed by atoms with Gasteiger partial charge < -0.3 is 14.4 Å². The average molecular weight is 446 g/mol. The van der Waals surface area contributed by atoms with Gasteiger partial charge in [0.15, 0.2) is 0 Å². The van der Waals surface area contributed by atoms with Crippen molar-refractivity contribution in [2.45, 2.75) is 20.0 Å². The van der Waals surface area contributed by atoms with Crippen LogP contribution in [0.4, 0.5) is 11.4 Å². The van der Waals surface area contributed by atoms with E-state index in [0.717, 1.165) is 16.8 Å². The van der Waals surface area contributed by atoms with Gasteiger partial charge in [-0.2, -0.15) is 0 Å². The second kappa shape index (κ2) is 9.52. The molecule has 0 unspecified atom stereocenters. The first-order chi connectivity index (χ1) is 15.9. The number of nitrogens with zero attached hydrogens (tertiary/aromatic N) is 2. The van der Waals surface area contributed by atoms with Gasteiger partial charge in [0, 0.05) is 30.8 Å². The van der Waals surface area contributed by atoms with E-state index in [1.54, 1.807) is 29.2 Å². The summed E-state index contributed by atoms with van der Waals surface area (Å²) in [7, 11) is 0. The minimum atomic E-state index is -0.497. The number of hydrogen-bond acceptors (Lipinski definition) is 6. The summed E-state index contributed by atoms with van der Waals surface area (Å²) >= 11 is 0. The van der Waals surface area contributed by atoms with Crippen LogP contribution in [0.15, 0.2) is 72.8 Å². The Morgan fingerprint density at radius 1 is 1.00 bits per heavy atom. The maximum atomic E-state index is 12.5. The number of amides is 1. The minimum absolute atomic E-state index is 0.00883. The van der Waals surface area contributed by atoms with Crippen molar-refractivity contribution in [3.8, 4) is 11.5 Å². The van der Waals surface area contributed by atoms with Gasteiger partial charge in [0.1, 0.15) is 18.1 Å². The molecule has 8 heteroatoms. The van der Waals surface area contributed by atoms with Gasteiger partial charge in [-0.1, -0.05) is 29.8 Å². The van der Waals surface area contributed by atoms with E-state index in [1.165, 1.54) is 24.3 Å². The third-order valence-corrected chi connectivity index (χ3v) is 5.39. The normalized spacial score (nSPS) is 15.4. The molecule has 0 aromatic heterocycles. The van der Waals surface area contributed by atoms with Crippen molar-refractivity contribution in [2.75, 3.05) is 11.4 Å². The lowest BCUT2D eigenvalue weighted by molar-refractivity contribution is -0.384. The van der Waals surface area contributed by atoms with Crippen LogP contribution in [0.25, 0.3) is 0 Å². The second-order valence-corrected chi connectivity index (χ2v) is 7.85. The Morgan fingerprint density at radius 3 is 2.21 bits per heavy atom. The van der Waals surface area contributed by atoms with Crippen LogP contribution in [0, 0.1) is 23.0 Å². The first-order valence-corrected chi connectivity index (χ1v) is 10.4. The quantitative estimate of drug-likeness (QED) is 0.294. The highest BCUT2D eigenvalue weighted by molar-refractivity contribution is 5.99. The number of esters is 1. The van der Waals surface area contributed by atoms with Crippen LogP contribution in [0.3, 0.4) is 0 Å². The average Bonchev–Trinajstić information content (AvgIpc) is 3.21. The minimum Gasteiger partial charge on any atom is -0.461 e. The highest BCUT2D eigenvalue weighted by Gasteiger charge is 2.36. The van der Waals surface area contributed by atoms with E-state index in [0.29, 0.717) is 18.0 Å². The van der Waals surface area contributed by atoms with E-state index in [1.807, 2.05) is 31.2 Å². The zero-order valence-electron chi connectivity index (χ0n) is 18.0. The summed E-state index contributed by atoms with van der Waals surface area (Å²) in [5, 5.41) is 10.7. The lowest BCUT2D eigenvalue weighted by atomic mass is 10.1. The molecule has 0 radical (unpaired) electrons. The summed E-state index contributed by atoms with van der Waals surface area (Å²) in [5.74, 6) is 0.0409. The van der Waals surface area contributed by atoms with E-state index >= 15 is 0 Å². The summed E-state index contributed by atoms with van der Waals surface area (Å²) < 4.78 is 11.1. The highest BCUT2D eigenvalue weighted by Crippen LogP contribution is 2.27. The number of carbonyl (C=O) groups excluding carboxylic acids is 2. The van der Waals surface area contributed by atoms with Crippen LogP contribution in [0.1, 0.15) is 17.5 Å². The fourth-order valence-corrected chi connectivity index (χ4v) is 3.54. The number of hydrogen-bond donors (Lipinski definition) is 0. The van der Waals surface area contributed by atoms with Gasteiger partial charge in [-0.15, -0.1) is 0 Å². The first kappa shape index (κ1) is 22.0. The fourth-order valence-electron chi connectivity index (χ4n) is 3.54. The zero-order chi connectivity index (χ0) is 23.4. The molecule has 0 bridgehead atoms. The first-order valence-electron chi connectivity index (χ1n) is 10.4. The number of non-ortho nitro benzene ring substituents is 1. The molecule has 3 aromatic rings. The monoisotopic (exact) mass is 446 g/mol. The lowest BCUT2D eigenvalue weighted by Gasteiger charge is -2.16. The number of nitro benzene ring substituents is 1. The molecule has 3 aromatic carbocycles. The Balaban J connectivity index is 1.29. The number of aryl methyl sites for hydroxylation is 1. The SMILES string of the molecule is Cc1ccc(N2C[C@H](C(=O)OCc3ccc(Oc4ccc([N+](=O)[O-])cc4)cc3)CC2=O)cc1. The van der Waals surface area contributed by atoms with Crippen LogP contribution in [-0.4, -0.2) is 23.3 Å². The van der Waals surface area contributed by atoms with Crippen LogP contribution >= 0.6 is 0 Å². The molecule has 1 aliphatic rings. The Bertz CT molecular complexity index is 1160. The molecule has 1 aliphatic heterocycles. The van der Waals surface area contributed by atoms with Crippen molar-refractivity contribution < 1.29 is 24.0 Å². The molecule has 1 saturated heterocycles. The molecule has 168 valence electrons. The molecule has 8 nitrogen and oxygen atoms in total. The standard InChI is InChI=1S/C25H22N2O6/c1-17-2-6-20(7-3-17)26-15-19(14-24(26)28)25(29)32-16-18-4-10-22(11-5-18)33-23-12-8-21(9-13-23)27(30)31/h2-13,19H,14-16H2,1H3/t19-/m1/s1. The zero-order valence-corrected chi connectivity index (χ0v) is 18.0. The van der Waals surface area contributed by atoms with Crippen molar-refractivity contribution in [3.05, 3.63) is 94.0 Å². The number of carbonyl (C=O) groups is 2. The van der Waals surface area contributed by atoms with E-state index in [-0.39, 0.29) is 24.6 Å². The largest absolute Gasteiger partial charge is 0.461 e. The molecule has 0 saturated carbocycles. The Morgan fingerprint density at radius 2 is 1.61 bits per heavy atom. The molecule has 0 N–H and O–H groups in total. The molecule has 1 atom stereocenters.